The van der Waals surface area contributed by atoms with Crippen LogP contribution in [0.4, 0.5) is 0 Å². The van der Waals surface area contributed by atoms with Crippen LogP contribution in [0.2, 0.25) is 15.1 Å². The molecule has 0 aliphatic rings. The molecular formula is C26H21BrCl3N3O2. The molecule has 1 aromatic heterocycles. The smallest absolute Gasteiger partial charge is 0.282 e. The van der Waals surface area contributed by atoms with Crippen LogP contribution in [0.1, 0.15) is 43.1 Å². The Balaban J connectivity index is 1.74. The molecule has 0 unspecified atom stereocenters. The lowest BCUT2D eigenvalue weighted by atomic mass is 10.1. The zero-order valence-electron chi connectivity index (χ0n) is 18.9. The van der Waals surface area contributed by atoms with E-state index in [1.165, 1.54) is 4.68 Å². The fourth-order valence-corrected chi connectivity index (χ4v) is 4.45. The fourth-order valence-electron chi connectivity index (χ4n) is 3.44. The van der Waals surface area contributed by atoms with Crippen LogP contribution in [-0.4, -0.2) is 15.9 Å². The molecule has 35 heavy (non-hydrogen) atoms. The maximum Gasteiger partial charge on any atom is 0.282 e. The standard InChI is InChI=1S/C26H21BrCl3N3O2/c1-3-15(2)25-32-23-8-5-18(27)11-21(23)26(34)33(25)31-13-17-10-19(28)7-9-24(17)35-14-16-4-6-20(29)12-22(16)30/h4-13,15H,3,14H2,1-2H3/t15-/m1/s1. The Kier molecular flexibility index (Phi) is 8.17. The van der Waals surface area contributed by atoms with Gasteiger partial charge < -0.3 is 4.74 Å². The molecule has 5 nitrogen and oxygen atoms in total. The molecule has 1 atom stereocenters. The summed E-state index contributed by atoms with van der Waals surface area (Å²) in [5.74, 6) is 1.15. The number of hydrogen-bond donors (Lipinski definition) is 0. The predicted molar refractivity (Wildman–Crippen MR) is 148 cm³/mol. The topological polar surface area (TPSA) is 56.5 Å². The van der Waals surface area contributed by atoms with E-state index in [0.717, 1.165) is 16.5 Å². The van der Waals surface area contributed by atoms with Gasteiger partial charge in [-0.3, -0.25) is 4.79 Å². The first-order valence-electron chi connectivity index (χ1n) is 10.9. The van der Waals surface area contributed by atoms with Crippen LogP contribution < -0.4 is 10.3 Å². The molecule has 1 heterocycles. The van der Waals surface area contributed by atoms with Gasteiger partial charge in [0.1, 0.15) is 18.2 Å². The summed E-state index contributed by atoms with van der Waals surface area (Å²) in [6, 6.07) is 15.9. The van der Waals surface area contributed by atoms with E-state index < -0.39 is 0 Å². The zero-order valence-corrected chi connectivity index (χ0v) is 22.8. The molecule has 180 valence electrons. The van der Waals surface area contributed by atoms with Crippen molar-refractivity contribution in [1.29, 1.82) is 0 Å². The monoisotopic (exact) mass is 591 g/mol. The molecule has 9 heteroatoms. The van der Waals surface area contributed by atoms with E-state index in [2.05, 4.69) is 21.0 Å². The van der Waals surface area contributed by atoms with Gasteiger partial charge in [0.25, 0.3) is 5.56 Å². The summed E-state index contributed by atoms with van der Waals surface area (Å²) in [5, 5.41) is 6.58. The Bertz CT molecular complexity index is 1490. The number of nitrogens with zero attached hydrogens (tertiary/aromatic N) is 3. The van der Waals surface area contributed by atoms with Crippen molar-refractivity contribution in [2.45, 2.75) is 32.8 Å². The Hall–Kier alpha value is -2.38. The normalized spacial score (nSPS) is 12.4. The molecule has 0 spiro atoms. The lowest BCUT2D eigenvalue weighted by Crippen LogP contribution is -2.23. The van der Waals surface area contributed by atoms with E-state index in [9.17, 15) is 4.79 Å². The molecule has 0 fully saturated rings. The van der Waals surface area contributed by atoms with Crippen molar-refractivity contribution in [1.82, 2.24) is 9.66 Å². The Morgan fingerprint density at radius 1 is 1.09 bits per heavy atom. The third-order valence-corrected chi connectivity index (χ3v) is 6.88. The maximum absolute atomic E-state index is 13.4. The van der Waals surface area contributed by atoms with Crippen molar-refractivity contribution in [2.24, 2.45) is 5.10 Å². The molecule has 0 saturated heterocycles. The quantitative estimate of drug-likeness (QED) is 0.204. The number of ether oxygens (including phenoxy) is 1. The van der Waals surface area contributed by atoms with E-state index in [1.54, 1.807) is 42.6 Å². The van der Waals surface area contributed by atoms with Gasteiger partial charge in [-0.2, -0.15) is 9.78 Å². The first-order chi connectivity index (χ1) is 16.8. The van der Waals surface area contributed by atoms with Gasteiger partial charge in [-0.05, 0) is 55.0 Å². The van der Waals surface area contributed by atoms with E-state index >= 15 is 0 Å². The highest BCUT2D eigenvalue weighted by molar-refractivity contribution is 9.10. The number of fused-ring (bicyclic) bond motifs is 1. The van der Waals surface area contributed by atoms with Crippen molar-refractivity contribution >= 4 is 67.9 Å². The van der Waals surface area contributed by atoms with Crippen molar-refractivity contribution in [3.63, 3.8) is 0 Å². The fraction of sp³-hybridized carbons (Fsp3) is 0.192. The number of hydrogen-bond acceptors (Lipinski definition) is 4. The van der Waals surface area contributed by atoms with Crippen molar-refractivity contribution in [3.05, 3.63) is 101 Å². The van der Waals surface area contributed by atoms with E-state index in [1.807, 2.05) is 32.0 Å². The second kappa shape index (κ2) is 11.1. The highest BCUT2D eigenvalue weighted by Gasteiger charge is 2.16. The van der Waals surface area contributed by atoms with Crippen LogP contribution in [0.15, 0.2) is 69.0 Å². The van der Waals surface area contributed by atoms with Gasteiger partial charge in [-0.15, -0.1) is 0 Å². The van der Waals surface area contributed by atoms with E-state index in [-0.39, 0.29) is 18.1 Å². The van der Waals surface area contributed by atoms with Gasteiger partial charge in [0.2, 0.25) is 0 Å². The third-order valence-electron chi connectivity index (χ3n) is 5.57. The van der Waals surface area contributed by atoms with Gasteiger partial charge >= 0.3 is 0 Å². The molecule has 4 aromatic rings. The number of rotatable bonds is 7. The van der Waals surface area contributed by atoms with Gasteiger partial charge in [-0.1, -0.05) is 70.6 Å². The van der Waals surface area contributed by atoms with Crippen LogP contribution in [0, 0.1) is 0 Å². The molecule has 4 rings (SSSR count). The lowest BCUT2D eigenvalue weighted by Gasteiger charge is -2.14. The minimum atomic E-state index is -0.250. The Labute approximate surface area is 226 Å². The van der Waals surface area contributed by atoms with Crippen LogP contribution in [0.3, 0.4) is 0 Å². The highest BCUT2D eigenvalue weighted by atomic mass is 79.9. The number of halogens is 4. The van der Waals surface area contributed by atoms with Crippen LogP contribution in [-0.2, 0) is 6.61 Å². The van der Waals surface area contributed by atoms with Gasteiger partial charge in [0.15, 0.2) is 0 Å². The second-order valence-corrected chi connectivity index (χ2v) is 10.2. The van der Waals surface area contributed by atoms with Gasteiger partial charge in [-0.25, -0.2) is 4.98 Å². The maximum atomic E-state index is 13.4. The summed E-state index contributed by atoms with van der Waals surface area (Å²) >= 11 is 21.9. The molecular weight excluding hydrogens is 573 g/mol. The minimum Gasteiger partial charge on any atom is -0.488 e. The lowest BCUT2D eigenvalue weighted by molar-refractivity contribution is 0.306. The summed E-state index contributed by atoms with van der Waals surface area (Å²) in [4.78, 5) is 18.1. The molecule has 0 aliphatic carbocycles. The van der Waals surface area contributed by atoms with Gasteiger partial charge in [0, 0.05) is 36.6 Å². The van der Waals surface area contributed by atoms with Crippen molar-refractivity contribution < 1.29 is 4.74 Å². The first-order valence-corrected chi connectivity index (χ1v) is 12.8. The van der Waals surface area contributed by atoms with Crippen molar-refractivity contribution in [3.8, 4) is 5.75 Å². The molecule has 0 N–H and O–H groups in total. The molecule has 0 bridgehead atoms. The van der Waals surface area contributed by atoms with Crippen LogP contribution in [0.25, 0.3) is 10.9 Å². The predicted octanol–water partition coefficient (Wildman–Crippen LogP) is 8.09. The second-order valence-electron chi connectivity index (χ2n) is 8.01. The molecule has 0 aliphatic heterocycles. The minimum absolute atomic E-state index is 0.0232. The summed E-state index contributed by atoms with van der Waals surface area (Å²) in [5.41, 5.74) is 1.78. The molecule has 0 saturated carbocycles. The zero-order chi connectivity index (χ0) is 25.1. The number of aromatic nitrogens is 2. The molecule has 3 aromatic carbocycles. The van der Waals surface area contributed by atoms with Crippen LogP contribution in [0.5, 0.6) is 5.75 Å². The van der Waals surface area contributed by atoms with Crippen LogP contribution >= 0.6 is 50.7 Å². The summed E-state index contributed by atoms with van der Waals surface area (Å²) in [6.45, 7) is 4.28. The Morgan fingerprint density at radius 2 is 1.83 bits per heavy atom. The summed E-state index contributed by atoms with van der Waals surface area (Å²) < 4.78 is 8.16. The average Bonchev–Trinajstić information content (AvgIpc) is 2.83. The van der Waals surface area contributed by atoms with E-state index in [4.69, 9.17) is 44.5 Å². The largest absolute Gasteiger partial charge is 0.488 e. The first kappa shape index (κ1) is 25.7. The summed E-state index contributed by atoms with van der Waals surface area (Å²) in [6.07, 6.45) is 2.36. The number of benzene rings is 3. The molecule has 0 radical (unpaired) electrons. The highest BCUT2D eigenvalue weighted by Crippen LogP contribution is 2.26. The van der Waals surface area contributed by atoms with Gasteiger partial charge in [0.05, 0.1) is 17.1 Å². The van der Waals surface area contributed by atoms with E-state index in [0.29, 0.717) is 43.1 Å². The van der Waals surface area contributed by atoms with Crippen molar-refractivity contribution in [2.75, 3.05) is 0 Å². The SMILES string of the molecule is CC[C@@H](C)c1nc2ccc(Br)cc2c(=O)n1N=Cc1cc(Cl)ccc1OCc1ccc(Cl)cc1Cl. The third kappa shape index (κ3) is 5.89. The summed E-state index contributed by atoms with van der Waals surface area (Å²) in [7, 11) is 0. The Morgan fingerprint density at radius 3 is 2.57 bits per heavy atom. The average molecular weight is 594 g/mol. The molecule has 0 amide bonds.